The number of ether oxygens (including phenoxy) is 3. The molecule has 1 aromatic rings. The summed E-state index contributed by atoms with van der Waals surface area (Å²) >= 11 is 0. The SMILES string of the molecule is COC(=O)[C@@H](Cc1ccc(OCC(=O)O)cc1)OC. The van der Waals surface area contributed by atoms with Gasteiger partial charge in [0.05, 0.1) is 7.11 Å². The van der Waals surface area contributed by atoms with Gasteiger partial charge in [-0.25, -0.2) is 9.59 Å². The van der Waals surface area contributed by atoms with Crippen LogP contribution in [0.4, 0.5) is 0 Å². The minimum atomic E-state index is -1.03. The summed E-state index contributed by atoms with van der Waals surface area (Å²) in [5, 5.41) is 8.48. The number of methoxy groups -OCH3 is 2. The summed E-state index contributed by atoms with van der Waals surface area (Å²) < 4.78 is 14.6. The fourth-order valence-corrected chi connectivity index (χ4v) is 1.48. The highest BCUT2D eigenvalue weighted by atomic mass is 16.6. The van der Waals surface area contributed by atoms with Crippen molar-refractivity contribution in [3.8, 4) is 5.75 Å². The molecule has 0 amide bonds. The standard InChI is InChI=1S/C13H16O6/c1-17-11(13(16)18-2)7-9-3-5-10(6-4-9)19-8-12(14)15/h3-6,11H,7-8H2,1-2H3,(H,14,15)/t11-/m1/s1. The number of carboxylic acids is 1. The number of aliphatic carboxylic acids is 1. The topological polar surface area (TPSA) is 82.1 Å². The van der Waals surface area contributed by atoms with Crippen molar-refractivity contribution >= 4 is 11.9 Å². The molecule has 6 heteroatoms. The maximum Gasteiger partial charge on any atom is 0.341 e. The molecule has 0 aliphatic carbocycles. The Kier molecular flexibility index (Phi) is 5.81. The average molecular weight is 268 g/mol. The molecule has 0 heterocycles. The molecule has 6 nitrogen and oxygen atoms in total. The molecule has 1 rings (SSSR count). The second kappa shape index (κ2) is 7.38. The Morgan fingerprint density at radius 3 is 2.32 bits per heavy atom. The van der Waals surface area contributed by atoms with Crippen molar-refractivity contribution in [2.45, 2.75) is 12.5 Å². The lowest BCUT2D eigenvalue weighted by molar-refractivity contribution is -0.152. The Balaban J connectivity index is 2.60. The molecule has 1 aromatic carbocycles. The monoisotopic (exact) mass is 268 g/mol. The van der Waals surface area contributed by atoms with Crippen molar-refractivity contribution < 1.29 is 28.9 Å². The van der Waals surface area contributed by atoms with Gasteiger partial charge in [0.1, 0.15) is 5.75 Å². The molecular formula is C13H16O6. The van der Waals surface area contributed by atoms with Crippen LogP contribution in [0.2, 0.25) is 0 Å². The summed E-state index contributed by atoms with van der Waals surface area (Å²) in [6.45, 7) is -0.387. The van der Waals surface area contributed by atoms with Crippen LogP contribution in [0.3, 0.4) is 0 Å². The Bertz CT molecular complexity index is 425. The van der Waals surface area contributed by atoms with E-state index in [2.05, 4.69) is 4.74 Å². The van der Waals surface area contributed by atoms with Crippen LogP contribution >= 0.6 is 0 Å². The van der Waals surface area contributed by atoms with Crippen molar-refractivity contribution in [1.82, 2.24) is 0 Å². The Hall–Kier alpha value is -2.08. The number of hydrogen-bond donors (Lipinski definition) is 1. The molecule has 0 aromatic heterocycles. The van der Waals surface area contributed by atoms with Crippen molar-refractivity contribution in [3.63, 3.8) is 0 Å². The summed E-state index contributed by atoms with van der Waals surface area (Å²) in [7, 11) is 2.74. The minimum absolute atomic E-state index is 0.377. The minimum Gasteiger partial charge on any atom is -0.482 e. The van der Waals surface area contributed by atoms with Gasteiger partial charge in [0.15, 0.2) is 12.7 Å². The lowest BCUT2D eigenvalue weighted by atomic mass is 10.1. The summed E-state index contributed by atoms with van der Waals surface area (Å²) in [6, 6.07) is 6.77. The van der Waals surface area contributed by atoms with Crippen molar-refractivity contribution in [2.75, 3.05) is 20.8 Å². The number of carbonyl (C=O) groups is 2. The molecule has 0 aliphatic rings. The molecule has 19 heavy (non-hydrogen) atoms. The van der Waals surface area contributed by atoms with E-state index in [4.69, 9.17) is 14.6 Å². The molecule has 104 valence electrons. The summed E-state index contributed by atoms with van der Waals surface area (Å²) in [5.41, 5.74) is 0.861. The summed E-state index contributed by atoms with van der Waals surface area (Å²) in [6.07, 6.45) is -0.279. The zero-order valence-electron chi connectivity index (χ0n) is 10.8. The Morgan fingerprint density at radius 1 is 1.21 bits per heavy atom. The predicted molar refractivity (Wildman–Crippen MR) is 66.1 cm³/mol. The number of rotatable bonds is 7. The third-order valence-electron chi connectivity index (χ3n) is 2.46. The molecule has 1 N–H and O–H groups in total. The number of hydrogen-bond acceptors (Lipinski definition) is 5. The largest absolute Gasteiger partial charge is 0.482 e. The molecule has 1 atom stereocenters. The van der Waals surface area contributed by atoms with Gasteiger partial charge in [-0.3, -0.25) is 0 Å². The first-order chi connectivity index (χ1) is 9.06. The Morgan fingerprint density at radius 2 is 1.84 bits per heavy atom. The molecule has 0 radical (unpaired) electrons. The van der Waals surface area contributed by atoms with Gasteiger partial charge >= 0.3 is 11.9 Å². The first-order valence-electron chi connectivity index (χ1n) is 5.61. The van der Waals surface area contributed by atoms with Gasteiger partial charge in [-0.05, 0) is 17.7 Å². The highest BCUT2D eigenvalue weighted by molar-refractivity contribution is 5.74. The van der Waals surface area contributed by atoms with E-state index in [0.29, 0.717) is 12.2 Å². The number of carboxylic acid groups (broad SMARTS) is 1. The van der Waals surface area contributed by atoms with Crippen LogP contribution in [-0.4, -0.2) is 44.0 Å². The van der Waals surface area contributed by atoms with Crippen LogP contribution < -0.4 is 4.74 Å². The molecule has 0 unspecified atom stereocenters. The molecule has 0 spiro atoms. The molecule has 0 fully saturated rings. The first kappa shape index (κ1) is 15.0. The lowest BCUT2D eigenvalue weighted by Crippen LogP contribution is -2.26. The molecular weight excluding hydrogens is 252 g/mol. The fourth-order valence-electron chi connectivity index (χ4n) is 1.48. The van der Waals surface area contributed by atoms with Crippen molar-refractivity contribution in [2.24, 2.45) is 0 Å². The van der Waals surface area contributed by atoms with E-state index < -0.39 is 18.0 Å². The quantitative estimate of drug-likeness (QED) is 0.739. The van der Waals surface area contributed by atoms with E-state index in [0.717, 1.165) is 5.56 Å². The van der Waals surface area contributed by atoms with Crippen molar-refractivity contribution in [1.29, 1.82) is 0 Å². The highest BCUT2D eigenvalue weighted by Crippen LogP contribution is 2.14. The second-order valence-electron chi connectivity index (χ2n) is 3.78. The first-order valence-corrected chi connectivity index (χ1v) is 5.61. The van der Waals surface area contributed by atoms with Gasteiger partial charge in [-0.15, -0.1) is 0 Å². The van der Waals surface area contributed by atoms with Gasteiger partial charge in [-0.2, -0.15) is 0 Å². The van der Waals surface area contributed by atoms with Gasteiger partial charge in [0.25, 0.3) is 0 Å². The van der Waals surface area contributed by atoms with Gasteiger partial charge in [-0.1, -0.05) is 12.1 Å². The predicted octanol–water partition coefficient (Wildman–Crippen LogP) is 0.881. The number of benzene rings is 1. The van der Waals surface area contributed by atoms with Gasteiger partial charge in [0.2, 0.25) is 0 Å². The zero-order chi connectivity index (χ0) is 14.3. The average Bonchev–Trinajstić information content (AvgIpc) is 2.42. The normalized spacial score (nSPS) is 11.7. The molecule has 0 aliphatic heterocycles. The Labute approximate surface area is 110 Å². The van der Waals surface area contributed by atoms with Crippen LogP contribution in [0.5, 0.6) is 5.75 Å². The van der Waals surface area contributed by atoms with Crippen LogP contribution in [-0.2, 0) is 25.5 Å². The highest BCUT2D eigenvalue weighted by Gasteiger charge is 2.18. The van der Waals surface area contributed by atoms with Crippen LogP contribution in [0.25, 0.3) is 0 Å². The van der Waals surface area contributed by atoms with Gasteiger partial charge < -0.3 is 19.3 Å². The molecule has 0 bridgehead atoms. The van der Waals surface area contributed by atoms with Gasteiger partial charge in [0, 0.05) is 13.5 Å². The third kappa shape index (κ3) is 4.97. The van der Waals surface area contributed by atoms with Crippen LogP contribution in [0.1, 0.15) is 5.56 Å². The maximum absolute atomic E-state index is 11.4. The smallest absolute Gasteiger partial charge is 0.341 e. The summed E-state index contributed by atoms with van der Waals surface area (Å²) in [4.78, 5) is 21.7. The molecule has 0 saturated carbocycles. The molecule has 0 saturated heterocycles. The maximum atomic E-state index is 11.4. The van der Waals surface area contributed by atoms with E-state index in [1.165, 1.54) is 14.2 Å². The third-order valence-corrected chi connectivity index (χ3v) is 2.46. The van der Waals surface area contributed by atoms with E-state index >= 15 is 0 Å². The fraction of sp³-hybridized carbons (Fsp3) is 0.385. The summed E-state index contributed by atoms with van der Waals surface area (Å²) in [5.74, 6) is -1.01. The zero-order valence-corrected chi connectivity index (χ0v) is 10.8. The van der Waals surface area contributed by atoms with E-state index in [9.17, 15) is 9.59 Å². The van der Waals surface area contributed by atoms with Crippen LogP contribution in [0, 0.1) is 0 Å². The second-order valence-corrected chi connectivity index (χ2v) is 3.78. The van der Waals surface area contributed by atoms with E-state index in [-0.39, 0.29) is 6.61 Å². The lowest BCUT2D eigenvalue weighted by Gasteiger charge is -2.13. The van der Waals surface area contributed by atoms with E-state index in [1.54, 1.807) is 24.3 Å². The van der Waals surface area contributed by atoms with Crippen molar-refractivity contribution in [3.05, 3.63) is 29.8 Å². The number of carbonyl (C=O) groups excluding carboxylic acids is 1. The number of esters is 1. The van der Waals surface area contributed by atoms with Crippen LogP contribution in [0.15, 0.2) is 24.3 Å². The van der Waals surface area contributed by atoms with E-state index in [1.807, 2.05) is 0 Å².